The fourth-order valence-electron chi connectivity index (χ4n) is 2.86. The molecule has 0 bridgehead atoms. The third-order valence-corrected chi connectivity index (χ3v) is 4.15. The zero-order valence-corrected chi connectivity index (χ0v) is 14.4. The van der Waals surface area contributed by atoms with Crippen molar-refractivity contribution in [1.29, 1.82) is 0 Å². The maximum atomic E-state index is 13.6. The Morgan fingerprint density at radius 2 is 1.71 bits per heavy atom. The molecule has 0 aliphatic rings. The van der Waals surface area contributed by atoms with Gasteiger partial charge in [0.25, 0.3) is 5.91 Å². The normalized spacial score (nSPS) is 10.9. The van der Waals surface area contributed by atoms with E-state index in [0.29, 0.717) is 17.3 Å². The number of anilines is 1. The fourth-order valence-corrected chi connectivity index (χ4v) is 2.86. The van der Waals surface area contributed by atoms with Gasteiger partial charge in [-0.15, -0.1) is 0 Å². The predicted octanol–water partition coefficient (Wildman–Crippen LogP) is 4.66. The number of rotatable bonds is 4. The minimum atomic E-state index is -1.05. The lowest BCUT2D eigenvalue weighted by molar-refractivity contribution is -0.119. The molecule has 5 nitrogen and oxygen atoms in total. The number of ether oxygens (including phenoxy) is 1. The molecule has 0 saturated heterocycles. The van der Waals surface area contributed by atoms with Gasteiger partial charge >= 0.3 is 5.97 Å². The Bertz CT molecular complexity index is 1220. The van der Waals surface area contributed by atoms with E-state index in [0.717, 1.165) is 28.5 Å². The molecule has 0 saturated carbocycles. The largest absolute Gasteiger partial charge is 0.456 e. The molecule has 0 spiro atoms. The molecule has 0 fully saturated rings. The van der Waals surface area contributed by atoms with Crippen LogP contribution in [-0.2, 0) is 9.53 Å². The van der Waals surface area contributed by atoms with Crippen molar-refractivity contribution in [2.75, 3.05) is 11.9 Å². The fraction of sp³-hybridized carbons (Fsp3) is 0.0476. The second-order valence-electron chi connectivity index (χ2n) is 6.06. The molecule has 1 N–H and O–H groups in total. The van der Waals surface area contributed by atoms with E-state index in [1.807, 2.05) is 24.3 Å². The summed E-state index contributed by atoms with van der Waals surface area (Å²) in [4.78, 5) is 23.9. The number of fused-ring (bicyclic) bond motifs is 3. The monoisotopic (exact) mass is 381 g/mol. The minimum absolute atomic E-state index is 0.444. The van der Waals surface area contributed by atoms with Crippen molar-refractivity contribution in [3.05, 3.63) is 77.9 Å². The number of benzene rings is 3. The maximum absolute atomic E-state index is 13.6. The third-order valence-electron chi connectivity index (χ3n) is 4.15. The Kier molecular flexibility index (Phi) is 4.49. The SMILES string of the molecule is O=C(COC(=O)c1ccc(F)cc1F)Nc1ccc2oc3ccccc3c2c1. The zero-order chi connectivity index (χ0) is 19.7. The molecular formula is C21H13F2NO4. The van der Waals surface area contributed by atoms with Gasteiger partial charge in [-0.1, -0.05) is 18.2 Å². The molecule has 0 aliphatic carbocycles. The third kappa shape index (κ3) is 3.42. The van der Waals surface area contributed by atoms with Crippen LogP contribution in [-0.4, -0.2) is 18.5 Å². The maximum Gasteiger partial charge on any atom is 0.341 e. The van der Waals surface area contributed by atoms with Gasteiger partial charge in [0, 0.05) is 22.5 Å². The van der Waals surface area contributed by atoms with Gasteiger partial charge in [-0.2, -0.15) is 0 Å². The van der Waals surface area contributed by atoms with Crippen molar-refractivity contribution >= 4 is 39.5 Å². The van der Waals surface area contributed by atoms with Crippen LogP contribution in [0.2, 0.25) is 0 Å². The number of hydrogen-bond acceptors (Lipinski definition) is 4. The van der Waals surface area contributed by atoms with Crippen molar-refractivity contribution in [2.24, 2.45) is 0 Å². The molecule has 28 heavy (non-hydrogen) atoms. The highest BCUT2D eigenvalue weighted by Gasteiger charge is 2.16. The topological polar surface area (TPSA) is 68.5 Å². The van der Waals surface area contributed by atoms with Crippen LogP contribution in [0.15, 0.2) is 65.1 Å². The van der Waals surface area contributed by atoms with Crippen LogP contribution in [0.25, 0.3) is 21.9 Å². The van der Waals surface area contributed by atoms with Crippen LogP contribution < -0.4 is 5.32 Å². The number of carbonyl (C=O) groups excluding carboxylic acids is 2. The van der Waals surface area contributed by atoms with Gasteiger partial charge in [0.2, 0.25) is 0 Å². The van der Waals surface area contributed by atoms with Crippen molar-refractivity contribution < 1.29 is 27.5 Å². The molecule has 3 aromatic carbocycles. The Hall–Kier alpha value is -3.74. The average molecular weight is 381 g/mol. The molecule has 140 valence electrons. The van der Waals surface area contributed by atoms with Crippen LogP contribution in [0.1, 0.15) is 10.4 Å². The summed E-state index contributed by atoms with van der Waals surface area (Å²) >= 11 is 0. The number of amides is 1. The highest BCUT2D eigenvalue weighted by Crippen LogP contribution is 2.30. The highest BCUT2D eigenvalue weighted by atomic mass is 19.1. The van der Waals surface area contributed by atoms with Gasteiger partial charge in [-0.05, 0) is 36.4 Å². The Morgan fingerprint density at radius 3 is 2.54 bits per heavy atom. The minimum Gasteiger partial charge on any atom is -0.456 e. The van der Waals surface area contributed by atoms with Crippen molar-refractivity contribution in [3.8, 4) is 0 Å². The molecule has 0 radical (unpaired) electrons. The van der Waals surface area contributed by atoms with Gasteiger partial charge in [0.1, 0.15) is 22.8 Å². The summed E-state index contributed by atoms with van der Waals surface area (Å²) in [5.41, 5.74) is 1.46. The first-order chi connectivity index (χ1) is 13.5. The van der Waals surface area contributed by atoms with Crippen molar-refractivity contribution in [1.82, 2.24) is 0 Å². The predicted molar refractivity (Wildman–Crippen MR) is 99.0 cm³/mol. The highest BCUT2D eigenvalue weighted by molar-refractivity contribution is 6.07. The van der Waals surface area contributed by atoms with Crippen molar-refractivity contribution in [2.45, 2.75) is 0 Å². The van der Waals surface area contributed by atoms with Crippen LogP contribution in [0.5, 0.6) is 0 Å². The first-order valence-electron chi connectivity index (χ1n) is 8.34. The first-order valence-corrected chi connectivity index (χ1v) is 8.34. The van der Waals surface area contributed by atoms with E-state index in [4.69, 9.17) is 9.15 Å². The lowest BCUT2D eigenvalue weighted by Crippen LogP contribution is -2.21. The smallest absolute Gasteiger partial charge is 0.341 e. The van der Waals surface area contributed by atoms with Gasteiger partial charge in [0.05, 0.1) is 5.56 Å². The number of para-hydroxylation sites is 1. The van der Waals surface area contributed by atoms with Crippen LogP contribution in [0, 0.1) is 11.6 Å². The number of carbonyl (C=O) groups is 2. The summed E-state index contributed by atoms with van der Waals surface area (Å²) in [5.74, 6) is -3.51. The lowest BCUT2D eigenvalue weighted by atomic mass is 10.1. The molecular weight excluding hydrogens is 368 g/mol. The number of esters is 1. The van der Waals surface area contributed by atoms with Crippen LogP contribution >= 0.6 is 0 Å². The number of halogens is 2. The molecule has 4 rings (SSSR count). The number of hydrogen-bond donors (Lipinski definition) is 1. The summed E-state index contributed by atoms with van der Waals surface area (Å²) < 4.78 is 37.0. The average Bonchev–Trinajstić information content (AvgIpc) is 3.04. The second kappa shape index (κ2) is 7.11. The van der Waals surface area contributed by atoms with E-state index in [-0.39, 0.29) is 0 Å². The van der Waals surface area contributed by atoms with Gasteiger partial charge in [0.15, 0.2) is 6.61 Å². The summed E-state index contributed by atoms with van der Waals surface area (Å²) in [6.07, 6.45) is 0. The molecule has 1 amide bonds. The van der Waals surface area contributed by atoms with Crippen molar-refractivity contribution in [3.63, 3.8) is 0 Å². The summed E-state index contributed by atoms with van der Waals surface area (Å²) in [5, 5.41) is 4.35. The first kappa shape index (κ1) is 17.7. The van der Waals surface area contributed by atoms with Crippen LogP contribution in [0.4, 0.5) is 14.5 Å². The van der Waals surface area contributed by atoms with E-state index in [2.05, 4.69) is 5.32 Å². The van der Waals surface area contributed by atoms with Gasteiger partial charge < -0.3 is 14.5 Å². The van der Waals surface area contributed by atoms with E-state index < -0.39 is 35.7 Å². The second-order valence-corrected chi connectivity index (χ2v) is 6.06. The number of nitrogens with one attached hydrogen (secondary N) is 1. The van der Waals surface area contributed by atoms with E-state index in [1.54, 1.807) is 18.2 Å². The zero-order valence-electron chi connectivity index (χ0n) is 14.4. The standard InChI is InChI=1S/C21H13F2NO4/c22-12-5-7-15(17(23)9-12)21(26)27-11-20(25)24-13-6-8-19-16(10-13)14-3-1-2-4-18(14)28-19/h1-10H,11H2,(H,24,25). The molecule has 0 aliphatic heterocycles. The Morgan fingerprint density at radius 1 is 0.929 bits per heavy atom. The van der Waals surface area contributed by atoms with Gasteiger partial charge in [-0.25, -0.2) is 13.6 Å². The summed E-state index contributed by atoms with van der Waals surface area (Å²) in [6, 6.07) is 15.1. The number of furan rings is 1. The Labute approximate surface area is 157 Å². The van der Waals surface area contributed by atoms with Crippen LogP contribution in [0.3, 0.4) is 0 Å². The molecule has 1 aromatic heterocycles. The molecule has 0 unspecified atom stereocenters. The lowest BCUT2D eigenvalue weighted by Gasteiger charge is -2.07. The molecule has 7 heteroatoms. The molecule has 1 heterocycles. The Balaban J connectivity index is 1.44. The van der Waals surface area contributed by atoms with Gasteiger partial charge in [-0.3, -0.25) is 4.79 Å². The summed E-state index contributed by atoms with van der Waals surface area (Å²) in [7, 11) is 0. The molecule has 0 atom stereocenters. The van der Waals surface area contributed by atoms with E-state index >= 15 is 0 Å². The summed E-state index contributed by atoms with van der Waals surface area (Å²) in [6.45, 7) is -0.611. The quantitative estimate of drug-likeness (QED) is 0.522. The van der Waals surface area contributed by atoms with E-state index in [9.17, 15) is 18.4 Å². The molecule has 4 aromatic rings. The van der Waals surface area contributed by atoms with E-state index in [1.165, 1.54) is 0 Å².